The maximum absolute atomic E-state index is 13.2. The highest BCUT2D eigenvalue weighted by molar-refractivity contribution is 5.97. The minimum Gasteiger partial charge on any atom is -0.378 e. The van der Waals surface area contributed by atoms with Crippen LogP contribution in [0.25, 0.3) is 0 Å². The Balaban J connectivity index is 1.35. The minimum absolute atomic E-state index is 0.0554. The van der Waals surface area contributed by atoms with Gasteiger partial charge in [-0.2, -0.15) is 0 Å². The molecule has 1 aromatic heterocycles. The highest BCUT2D eigenvalue weighted by atomic mass is 16.5. The molecule has 0 bridgehead atoms. The molecule has 9 nitrogen and oxygen atoms in total. The van der Waals surface area contributed by atoms with Gasteiger partial charge in [0.25, 0.3) is 5.56 Å². The quantitative estimate of drug-likeness (QED) is 0.766. The van der Waals surface area contributed by atoms with Crippen LogP contribution < -0.4 is 20.3 Å². The van der Waals surface area contributed by atoms with Crippen LogP contribution in [-0.4, -0.2) is 75.0 Å². The molecule has 5 rings (SSSR count). The number of nitrogens with zero attached hydrogens (tertiary/aromatic N) is 4. The highest BCUT2D eigenvalue weighted by Gasteiger charge is 2.29. The Morgan fingerprint density at radius 1 is 0.968 bits per heavy atom. The third-order valence-electron chi connectivity index (χ3n) is 6.09. The normalized spacial score (nSPS) is 18.9. The van der Waals surface area contributed by atoms with E-state index in [9.17, 15) is 9.59 Å². The number of aromatic nitrogens is 2. The summed E-state index contributed by atoms with van der Waals surface area (Å²) in [6, 6.07) is 7.63. The van der Waals surface area contributed by atoms with Gasteiger partial charge in [0.05, 0.1) is 32.8 Å². The number of carbonyl (C=O) groups is 1. The van der Waals surface area contributed by atoms with Gasteiger partial charge in [-0.1, -0.05) is 6.07 Å². The van der Waals surface area contributed by atoms with Crippen molar-refractivity contribution in [3.63, 3.8) is 0 Å². The van der Waals surface area contributed by atoms with E-state index in [1.807, 2.05) is 21.9 Å². The van der Waals surface area contributed by atoms with Gasteiger partial charge in [0.2, 0.25) is 5.91 Å². The third kappa shape index (κ3) is 4.15. The van der Waals surface area contributed by atoms with Crippen LogP contribution in [0.1, 0.15) is 11.4 Å². The van der Waals surface area contributed by atoms with Crippen molar-refractivity contribution in [1.82, 2.24) is 9.97 Å². The van der Waals surface area contributed by atoms with Gasteiger partial charge in [-0.3, -0.25) is 9.59 Å². The topological polar surface area (TPSA) is 91.0 Å². The SMILES string of the molecule is O=C(Cc1nc(N2CCOCC2)cc(=O)[nH]1)N1CCc2c(N3CCOCC3)cccc21. The fourth-order valence-electron chi connectivity index (χ4n) is 4.55. The Hall–Kier alpha value is -2.91. The van der Waals surface area contributed by atoms with Crippen LogP contribution in [0.3, 0.4) is 0 Å². The van der Waals surface area contributed by atoms with E-state index in [1.54, 1.807) is 0 Å². The van der Waals surface area contributed by atoms with Crippen molar-refractivity contribution in [1.29, 1.82) is 0 Å². The average Bonchev–Trinajstić information content (AvgIpc) is 3.24. The molecule has 0 unspecified atom stereocenters. The number of hydrogen-bond donors (Lipinski definition) is 1. The van der Waals surface area contributed by atoms with Crippen molar-refractivity contribution in [3.8, 4) is 0 Å². The molecule has 0 radical (unpaired) electrons. The van der Waals surface area contributed by atoms with Gasteiger partial charge in [0, 0.05) is 55.7 Å². The number of carbonyl (C=O) groups excluding carboxylic acids is 1. The minimum atomic E-state index is -0.240. The van der Waals surface area contributed by atoms with E-state index in [0.717, 1.165) is 38.4 Å². The summed E-state index contributed by atoms with van der Waals surface area (Å²) in [5.41, 5.74) is 3.12. The van der Waals surface area contributed by atoms with Crippen LogP contribution in [0.4, 0.5) is 17.2 Å². The highest BCUT2D eigenvalue weighted by Crippen LogP contribution is 2.36. The number of nitrogens with one attached hydrogen (secondary N) is 1. The van der Waals surface area contributed by atoms with Gasteiger partial charge in [-0.05, 0) is 18.6 Å². The number of fused-ring (bicyclic) bond motifs is 1. The number of H-pyrrole nitrogens is 1. The number of rotatable bonds is 4. The van der Waals surface area contributed by atoms with E-state index in [4.69, 9.17) is 9.47 Å². The first-order valence-corrected chi connectivity index (χ1v) is 10.9. The van der Waals surface area contributed by atoms with Crippen LogP contribution in [0.15, 0.2) is 29.1 Å². The molecule has 2 saturated heterocycles. The van der Waals surface area contributed by atoms with Crippen molar-refractivity contribution >= 4 is 23.1 Å². The number of morpholine rings is 2. The standard InChI is InChI=1S/C22H27N5O4/c28-21-15-20(26-8-12-31-13-9-26)23-19(24-21)14-22(29)27-5-4-16-17(2-1-3-18(16)27)25-6-10-30-11-7-25/h1-3,15H,4-14H2,(H,23,24,28). The van der Waals surface area contributed by atoms with E-state index >= 15 is 0 Å². The molecular weight excluding hydrogens is 398 g/mol. The first kappa shape index (κ1) is 20.0. The second kappa shape index (κ2) is 8.68. The second-order valence-corrected chi connectivity index (χ2v) is 8.00. The summed E-state index contributed by atoms with van der Waals surface area (Å²) < 4.78 is 10.9. The predicted molar refractivity (Wildman–Crippen MR) is 117 cm³/mol. The molecule has 2 aromatic rings. The molecule has 0 aliphatic carbocycles. The van der Waals surface area contributed by atoms with Crippen molar-refractivity contribution < 1.29 is 14.3 Å². The summed E-state index contributed by atoms with van der Waals surface area (Å²) in [5, 5.41) is 0. The first-order chi connectivity index (χ1) is 15.2. The molecule has 2 fully saturated rings. The Morgan fingerprint density at radius 2 is 1.65 bits per heavy atom. The van der Waals surface area contributed by atoms with E-state index < -0.39 is 0 Å². The van der Waals surface area contributed by atoms with Crippen molar-refractivity contribution in [2.45, 2.75) is 12.8 Å². The molecule has 164 valence electrons. The fraction of sp³-hybridized carbons (Fsp3) is 0.500. The third-order valence-corrected chi connectivity index (χ3v) is 6.09. The van der Waals surface area contributed by atoms with Gasteiger partial charge < -0.3 is 29.2 Å². The Kier molecular flexibility index (Phi) is 5.61. The molecule has 0 spiro atoms. The van der Waals surface area contributed by atoms with Crippen molar-refractivity contribution in [2.24, 2.45) is 0 Å². The summed E-state index contributed by atoms with van der Waals surface area (Å²) in [6.07, 6.45) is 0.890. The molecular formula is C22H27N5O4. The summed E-state index contributed by atoms with van der Waals surface area (Å²) in [6.45, 7) is 6.42. The van der Waals surface area contributed by atoms with Crippen LogP contribution >= 0.6 is 0 Å². The summed E-state index contributed by atoms with van der Waals surface area (Å²) in [5.74, 6) is 0.947. The van der Waals surface area contributed by atoms with E-state index in [0.29, 0.717) is 44.5 Å². The lowest BCUT2D eigenvalue weighted by atomic mass is 10.1. The summed E-state index contributed by atoms with van der Waals surface area (Å²) in [7, 11) is 0. The first-order valence-electron chi connectivity index (χ1n) is 10.9. The number of aromatic amines is 1. The maximum atomic E-state index is 13.2. The number of anilines is 3. The molecule has 1 amide bonds. The smallest absolute Gasteiger partial charge is 0.252 e. The Morgan fingerprint density at radius 3 is 2.39 bits per heavy atom. The van der Waals surface area contributed by atoms with E-state index in [2.05, 4.69) is 20.9 Å². The molecule has 3 aliphatic heterocycles. The lowest BCUT2D eigenvalue weighted by Gasteiger charge is -2.30. The predicted octanol–water partition coefficient (Wildman–Crippen LogP) is 0.575. The molecule has 1 aromatic carbocycles. The summed E-state index contributed by atoms with van der Waals surface area (Å²) >= 11 is 0. The van der Waals surface area contributed by atoms with Gasteiger partial charge in [0.1, 0.15) is 11.6 Å². The number of amides is 1. The van der Waals surface area contributed by atoms with Crippen LogP contribution in [-0.2, 0) is 27.1 Å². The molecule has 3 aliphatic rings. The molecule has 0 atom stereocenters. The summed E-state index contributed by atoms with van der Waals surface area (Å²) in [4.78, 5) is 38.8. The van der Waals surface area contributed by atoms with E-state index in [-0.39, 0.29) is 17.9 Å². The Bertz CT molecular complexity index is 1010. The largest absolute Gasteiger partial charge is 0.378 e. The number of benzene rings is 1. The zero-order valence-corrected chi connectivity index (χ0v) is 17.5. The van der Waals surface area contributed by atoms with Crippen LogP contribution in [0, 0.1) is 0 Å². The lowest BCUT2D eigenvalue weighted by molar-refractivity contribution is -0.118. The molecule has 1 N–H and O–H groups in total. The Labute approximate surface area is 180 Å². The maximum Gasteiger partial charge on any atom is 0.252 e. The van der Waals surface area contributed by atoms with E-state index in [1.165, 1.54) is 17.3 Å². The lowest BCUT2D eigenvalue weighted by Crippen LogP contribution is -2.38. The van der Waals surface area contributed by atoms with Gasteiger partial charge in [0.15, 0.2) is 0 Å². The molecule has 4 heterocycles. The van der Waals surface area contributed by atoms with Gasteiger partial charge in [-0.25, -0.2) is 4.98 Å². The van der Waals surface area contributed by atoms with Crippen LogP contribution in [0.2, 0.25) is 0 Å². The zero-order valence-electron chi connectivity index (χ0n) is 17.5. The number of hydrogen-bond acceptors (Lipinski definition) is 7. The van der Waals surface area contributed by atoms with Crippen molar-refractivity contribution in [2.75, 3.05) is 73.9 Å². The molecule has 0 saturated carbocycles. The molecule has 9 heteroatoms. The molecule has 31 heavy (non-hydrogen) atoms. The van der Waals surface area contributed by atoms with Crippen LogP contribution in [0.5, 0.6) is 0 Å². The van der Waals surface area contributed by atoms with Gasteiger partial charge in [-0.15, -0.1) is 0 Å². The monoisotopic (exact) mass is 425 g/mol. The van der Waals surface area contributed by atoms with Crippen molar-refractivity contribution in [3.05, 3.63) is 46.0 Å². The zero-order chi connectivity index (χ0) is 21.2. The average molecular weight is 425 g/mol. The second-order valence-electron chi connectivity index (χ2n) is 8.00. The number of ether oxygens (including phenoxy) is 2. The van der Waals surface area contributed by atoms with Gasteiger partial charge >= 0.3 is 0 Å². The fourth-order valence-corrected chi connectivity index (χ4v) is 4.55.